The Morgan fingerprint density at radius 1 is 0.865 bits per heavy atom. The monoisotopic (exact) mass is 544 g/mol. The van der Waals surface area contributed by atoms with E-state index in [0.717, 1.165) is 17.9 Å². The topological polar surface area (TPSA) is 132 Å². The molecule has 2 aromatic heterocycles. The number of sulfonamides is 1. The van der Waals surface area contributed by atoms with Crippen molar-refractivity contribution < 1.29 is 17.9 Å². The number of nitrogens with zero attached hydrogens (tertiary/aromatic N) is 3. The first kappa shape index (κ1) is 28.6. The first-order chi connectivity index (χ1) is 17.9. The summed E-state index contributed by atoms with van der Waals surface area (Å²) in [6, 6.07) is 17.8. The standard InChI is InChI=1S/C25H32N6O4S2/c26-37(32,33)24-9-7-21(8-10-24)30-25(36)29-13-15-34-17-18-35-16-14-31(19-22-5-1-3-11-27-22)20-23-6-2-4-12-28-23/h1-12H,13-20H2,(H2,26,32,33)(H2,29,30,36). The smallest absolute Gasteiger partial charge is 0.238 e. The molecule has 0 spiro atoms. The fourth-order valence-electron chi connectivity index (χ4n) is 3.31. The van der Waals surface area contributed by atoms with E-state index >= 15 is 0 Å². The molecule has 0 radical (unpaired) electrons. The molecule has 0 fully saturated rings. The number of nitrogens with one attached hydrogen (secondary N) is 2. The van der Waals surface area contributed by atoms with Crippen LogP contribution in [0.2, 0.25) is 0 Å². The lowest BCUT2D eigenvalue weighted by Crippen LogP contribution is -2.31. The van der Waals surface area contributed by atoms with Crippen LogP contribution in [0.1, 0.15) is 11.4 Å². The highest BCUT2D eigenvalue weighted by Crippen LogP contribution is 2.12. The highest BCUT2D eigenvalue weighted by molar-refractivity contribution is 7.89. The molecule has 0 aliphatic heterocycles. The number of nitrogens with two attached hydrogens (primary N) is 1. The summed E-state index contributed by atoms with van der Waals surface area (Å²) in [7, 11) is -3.72. The first-order valence-corrected chi connectivity index (χ1v) is 13.7. The number of pyridine rings is 2. The summed E-state index contributed by atoms with van der Waals surface area (Å²) in [5.74, 6) is 0. The zero-order valence-electron chi connectivity index (χ0n) is 20.5. The molecule has 3 rings (SSSR count). The Morgan fingerprint density at radius 2 is 1.46 bits per heavy atom. The summed E-state index contributed by atoms with van der Waals surface area (Å²) >= 11 is 5.24. The molecule has 0 aliphatic rings. The Bertz CT molecular complexity index is 1140. The van der Waals surface area contributed by atoms with Gasteiger partial charge in [0, 0.05) is 44.3 Å². The van der Waals surface area contributed by atoms with Gasteiger partial charge in [0.1, 0.15) is 0 Å². The van der Waals surface area contributed by atoms with E-state index in [1.54, 1.807) is 24.5 Å². The molecule has 0 amide bonds. The van der Waals surface area contributed by atoms with Crippen LogP contribution in [0.25, 0.3) is 0 Å². The molecule has 0 bridgehead atoms. The zero-order chi connectivity index (χ0) is 26.3. The van der Waals surface area contributed by atoms with Crippen molar-refractivity contribution in [3.8, 4) is 0 Å². The molecular weight excluding hydrogens is 512 g/mol. The van der Waals surface area contributed by atoms with E-state index < -0.39 is 10.0 Å². The van der Waals surface area contributed by atoms with Crippen molar-refractivity contribution in [3.63, 3.8) is 0 Å². The SMILES string of the molecule is NS(=O)(=O)c1ccc(NC(=S)NCCOCCOCCN(Cc2ccccn2)Cc2ccccn2)cc1. The van der Waals surface area contributed by atoms with Crippen molar-refractivity contribution >= 4 is 33.0 Å². The summed E-state index contributed by atoms with van der Waals surface area (Å²) in [5, 5.41) is 11.5. The number of hydrogen-bond acceptors (Lipinski definition) is 8. The number of primary sulfonamides is 1. The van der Waals surface area contributed by atoms with Crippen LogP contribution < -0.4 is 15.8 Å². The number of benzene rings is 1. The third kappa shape index (κ3) is 11.3. The summed E-state index contributed by atoms with van der Waals surface area (Å²) in [5.41, 5.74) is 2.66. The van der Waals surface area contributed by atoms with Crippen LogP contribution in [0.5, 0.6) is 0 Å². The Labute approximate surface area is 223 Å². The lowest BCUT2D eigenvalue weighted by molar-refractivity contribution is 0.0383. The van der Waals surface area contributed by atoms with E-state index in [1.807, 2.05) is 36.4 Å². The van der Waals surface area contributed by atoms with Crippen LogP contribution >= 0.6 is 12.2 Å². The van der Waals surface area contributed by atoms with Crippen molar-refractivity contribution in [1.82, 2.24) is 20.2 Å². The molecule has 12 heteroatoms. The third-order valence-electron chi connectivity index (χ3n) is 5.12. The lowest BCUT2D eigenvalue weighted by atomic mass is 10.3. The fraction of sp³-hybridized carbons (Fsp3) is 0.320. The second kappa shape index (κ2) is 15.3. The number of ether oxygens (including phenoxy) is 2. The van der Waals surface area contributed by atoms with Gasteiger partial charge in [0.05, 0.1) is 42.7 Å². The molecule has 0 atom stereocenters. The van der Waals surface area contributed by atoms with Crippen LogP contribution in [-0.4, -0.2) is 67.9 Å². The van der Waals surface area contributed by atoms with Gasteiger partial charge >= 0.3 is 0 Å². The summed E-state index contributed by atoms with van der Waals surface area (Å²) < 4.78 is 34.0. The van der Waals surface area contributed by atoms with Gasteiger partial charge in [-0.3, -0.25) is 14.9 Å². The molecule has 2 heterocycles. The highest BCUT2D eigenvalue weighted by atomic mass is 32.2. The van der Waals surface area contributed by atoms with Crippen molar-refractivity contribution in [3.05, 3.63) is 84.4 Å². The Kier molecular flexibility index (Phi) is 11.8. The fourth-order valence-corrected chi connectivity index (χ4v) is 4.05. The molecule has 0 saturated carbocycles. The van der Waals surface area contributed by atoms with Gasteiger partial charge in [-0.15, -0.1) is 0 Å². The molecule has 198 valence electrons. The minimum Gasteiger partial charge on any atom is -0.378 e. The highest BCUT2D eigenvalue weighted by Gasteiger charge is 2.09. The zero-order valence-corrected chi connectivity index (χ0v) is 22.1. The van der Waals surface area contributed by atoms with E-state index in [-0.39, 0.29) is 4.90 Å². The number of anilines is 1. The molecule has 37 heavy (non-hydrogen) atoms. The van der Waals surface area contributed by atoms with Crippen LogP contribution in [-0.2, 0) is 32.6 Å². The first-order valence-electron chi connectivity index (χ1n) is 11.8. The van der Waals surface area contributed by atoms with E-state index in [0.29, 0.717) is 56.9 Å². The molecule has 0 unspecified atom stereocenters. The second-order valence-corrected chi connectivity index (χ2v) is 10.00. The molecule has 1 aromatic carbocycles. The van der Waals surface area contributed by atoms with Crippen molar-refractivity contribution in [2.24, 2.45) is 5.14 Å². The predicted molar refractivity (Wildman–Crippen MR) is 146 cm³/mol. The van der Waals surface area contributed by atoms with Gasteiger partial charge in [-0.1, -0.05) is 12.1 Å². The lowest BCUT2D eigenvalue weighted by Gasteiger charge is -2.21. The molecule has 3 aromatic rings. The van der Waals surface area contributed by atoms with Crippen molar-refractivity contribution in [2.75, 3.05) is 44.8 Å². The molecule has 0 saturated heterocycles. The van der Waals surface area contributed by atoms with Crippen molar-refractivity contribution in [2.45, 2.75) is 18.0 Å². The van der Waals surface area contributed by atoms with E-state index in [1.165, 1.54) is 12.1 Å². The van der Waals surface area contributed by atoms with Crippen LogP contribution in [0.15, 0.2) is 78.0 Å². The van der Waals surface area contributed by atoms with Gasteiger partial charge in [0.2, 0.25) is 10.0 Å². The van der Waals surface area contributed by atoms with Gasteiger partial charge in [0.15, 0.2) is 5.11 Å². The van der Waals surface area contributed by atoms with Gasteiger partial charge in [-0.25, -0.2) is 13.6 Å². The Hall–Kier alpha value is -3.00. The Morgan fingerprint density at radius 3 is 2.00 bits per heavy atom. The number of thiocarbonyl (C=S) groups is 1. The minimum absolute atomic E-state index is 0.0432. The number of aromatic nitrogens is 2. The summed E-state index contributed by atoms with van der Waals surface area (Å²) in [4.78, 5) is 11.1. The maximum absolute atomic E-state index is 11.3. The number of hydrogen-bond donors (Lipinski definition) is 3. The Balaban J connectivity index is 1.27. The quantitative estimate of drug-likeness (QED) is 0.193. The second-order valence-electron chi connectivity index (χ2n) is 8.03. The van der Waals surface area contributed by atoms with Crippen molar-refractivity contribution in [1.29, 1.82) is 0 Å². The normalized spacial score (nSPS) is 11.4. The average molecular weight is 545 g/mol. The van der Waals surface area contributed by atoms with E-state index in [9.17, 15) is 8.42 Å². The third-order valence-corrected chi connectivity index (χ3v) is 6.30. The summed E-state index contributed by atoms with van der Waals surface area (Å²) in [6.07, 6.45) is 3.60. The maximum Gasteiger partial charge on any atom is 0.238 e. The van der Waals surface area contributed by atoms with Gasteiger partial charge in [-0.05, 0) is 60.7 Å². The predicted octanol–water partition coefficient (Wildman–Crippen LogP) is 2.15. The van der Waals surface area contributed by atoms with Gasteiger partial charge < -0.3 is 20.1 Å². The average Bonchev–Trinajstić information content (AvgIpc) is 2.88. The van der Waals surface area contributed by atoms with Gasteiger partial charge in [0.25, 0.3) is 0 Å². The molecule has 10 nitrogen and oxygen atoms in total. The molecular formula is C25H32N6O4S2. The molecule has 0 aliphatic carbocycles. The minimum atomic E-state index is -3.72. The maximum atomic E-state index is 11.3. The van der Waals surface area contributed by atoms with Crippen LogP contribution in [0.3, 0.4) is 0 Å². The van der Waals surface area contributed by atoms with E-state index in [4.69, 9.17) is 26.8 Å². The van der Waals surface area contributed by atoms with Crippen LogP contribution in [0, 0.1) is 0 Å². The van der Waals surface area contributed by atoms with Crippen LogP contribution in [0.4, 0.5) is 5.69 Å². The largest absolute Gasteiger partial charge is 0.378 e. The van der Waals surface area contributed by atoms with E-state index in [2.05, 4.69) is 25.5 Å². The van der Waals surface area contributed by atoms with Gasteiger partial charge in [-0.2, -0.15) is 0 Å². The molecule has 4 N–H and O–H groups in total. The number of rotatable bonds is 15. The summed E-state index contributed by atoms with van der Waals surface area (Å²) in [6.45, 7) is 4.67.